The van der Waals surface area contributed by atoms with Gasteiger partial charge in [0.2, 0.25) is 0 Å². The Morgan fingerprint density at radius 1 is 1.15 bits per heavy atom. The summed E-state index contributed by atoms with van der Waals surface area (Å²) in [4.78, 5) is 25.4. The van der Waals surface area contributed by atoms with E-state index in [4.69, 9.17) is 9.97 Å². The molecule has 0 saturated heterocycles. The van der Waals surface area contributed by atoms with Crippen LogP contribution in [0.3, 0.4) is 0 Å². The molecule has 3 aromatic rings. The van der Waals surface area contributed by atoms with E-state index < -0.39 is 0 Å². The van der Waals surface area contributed by atoms with Gasteiger partial charge < -0.3 is 0 Å². The third-order valence-corrected chi connectivity index (χ3v) is 5.44. The van der Waals surface area contributed by atoms with Crippen LogP contribution in [0.2, 0.25) is 0 Å². The number of aromatic nitrogens is 4. The lowest BCUT2D eigenvalue weighted by Gasteiger charge is -2.24. The first-order valence-electron chi connectivity index (χ1n) is 8.87. The van der Waals surface area contributed by atoms with Gasteiger partial charge in [-0.25, -0.2) is 19.3 Å². The van der Waals surface area contributed by atoms with Crippen LogP contribution in [-0.2, 0) is 4.79 Å². The molecular formula is C20H19FN4OS. The Labute approximate surface area is 161 Å². The molecule has 1 saturated carbocycles. The highest BCUT2D eigenvalue weighted by molar-refractivity contribution is 7.98. The number of benzene rings is 1. The molecule has 0 unspecified atom stereocenters. The van der Waals surface area contributed by atoms with Crippen LogP contribution in [0, 0.1) is 5.82 Å². The predicted octanol–water partition coefficient (Wildman–Crippen LogP) is 4.42. The Bertz CT molecular complexity index is 947. The van der Waals surface area contributed by atoms with Gasteiger partial charge in [-0.05, 0) is 36.8 Å². The molecule has 0 bridgehead atoms. The molecular weight excluding hydrogens is 363 g/mol. The molecule has 0 N–H and O–H groups in total. The van der Waals surface area contributed by atoms with Crippen LogP contribution in [0.1, 0.15) is 37.3 Å². The van der Waals surface area contributed by atoms with Crippen molar-refractivity contribution >= 4 is 17.5 Å². The van der Waals surface area contributed by atoms with Gasteiger partial charge in [-0.2, -0.15) is 0 Å². The Morgan fingerprint density at radius 2 is 1.89 bits per heavy atom. The molecule has 138 valence electrons. The average Bonchev–Trinajstić information content (AvgIpc) is 3.23. The summed E-state index contributed by atoms with van der Waals surface area (Å²) in [6.07, 6.45) is 9.90. The van der Waals surface area contributed by atoms with E-state index in [0.717, 1.165) is 35.5 Å². The summed E-state index contributed by atoms with van der Waals surface area (Å²) in [7, 11) is 0. The van der Waals surface area contributed by atoms with Gasteiger partial charge in [0.15, 0.2) is 11.0 Å². The fraction of sp³-hybridized carbons (Fsp3) is 0.300. The number of ketones is 1. The molecule has 2 aromatic heterocycles. The van der Waals surface area contributed by atoms with Crippen molar-refractivity contribution in [1.29, 1.82) is 0 Å². The third-order valence-electron chi connectivity index (χ3n) is 4.89. The number of carbonyl (C=O) groups excluding carboxylic acids is 1. The molecule has 2 heterocycles. The standard InChI is InChI=1S/C20H19FN4OS/c1-27-20-23-18(14-4-8-16(26)9-5-14)17(13-2-6-15(21)7-3-13)19(24-20)25-11-10-22-12-25/h2-3,6-7,10-12,14H,4-5,8-9H2,1H3. The highest BCUT2D eigenvalue weighted by Crippen LogP contribution is 2.39. The van der Waals surface area contributed by atoms with E-state index in [9.17, 15) is 9.18 Å². The van der Waals surface area contributed by atoms with Crippen LogP contribution >= 0.6 is 11.8 Å². The van der Waals surface area contributed by atoms with Crippen molar-refractivity contribution in [3.63, 3.8) is 0 Å². The number of carbonyl (C=O) groups is 1. The van der Waals surface area contributed by atoms with Gasteiger partial charge >= 0.3 is 0 Å². The molecule has 0 aliphatic heterocycles. The first-order valence-corrected chi connectivity index (χ1v) is 10.1. The van der Waals surface area contributed by atoms with Gasteiger partial charge in [0.25, 0.3) is 0 Å². The number of hydrogen-bond acceptors (Lipinski definition) is 5. The predicted molar refractivity (Wildman–Crippen MR) is 103 cm³/mol. The van der Waals surface area contributed by atoms with Gasteiger partial charge in [0.1, 0.15) is 17.9 Å². The summed E-state index contributed by atoms with van der Waals surface area (Å²) < 4.78 is 15.4. The molecule has 0 amide bonds. The zero-order valence-corrected chi connectivity index (χ0v) is 15.7. The van der Waals surface area contributed by atoms with E-state index in [-0.39, 0.29) is 11.7 Å². The van der Waals surface area contributed by atoms with E-state index in [1.54, 1.807) is 24.7 Å². The number of halogens is 1. The van der Waals surface area contributed by atoms with E-state index in [0.29, 0.717) is 23.8 Å². The number of thioether (sulfide) groups is 1. The molecule has 1 aliphatic rings. The third kappa shape index (κ3) is 3.64. The van der Waals surface area contributed by atoms with Crippen LogP contribution < -0.4 is 0 Å². The van der Waals surface area contributed by atoms with Crippen molar-refractivity contribution < 1.29 is 9.18 Å². The fourth-order valence-corrected chi connectivity index (χ4v) is 3.88. The minimum absolute atomic E-state index is 0.180. The maximum absolute atomic E-state index is 13.5. The monoisotopic (exact) mass is 382 g/mol. The highest BCUT2D eigenvalue weighted by Gasteiger charge is 2.27. The second kappa shape index (κ2) is 7.60. The molecule has 27 heavy (non-hydrogen) atoms. The number of nitrogens with zero attached hydrogens (tertiary/aromatic N) is 4. The zero-order chi connectivity index (χ0) is 18.8. The maximum atomic E-state index is 13.5. The van der Waals surface area contributed by atoms with E-state index in [1.165, 1.54) is 23.9 Å². The Hall–Kier alpha value is -2.54. The average molecular weight is 382 g/mol. The van der Waals surface area contributed by atoms with E-state index in [2.05, 4.69) is 4.98 Å². The summed E-state index contributed by atoms with van der Waals surface area (Å²) in [6.45, 7) is 0. The fourth-order valence-electron chi connectivity index (χ4n) is 3.51. The largest absolute Gasteiger partial charge is 0.300 e. The van der Waals surface area contributed by atoms with Gasteiger partial charge in [-0.15, -0.1) is 0 Å². The Kier molecular flexibility index (Phi) is 5.03. The lowest BCUT2D eigenvalue weighted by atomic mass is 9.83. The quantitative estimate of drug-likeness (QED) is 0.494. The maximum Gasteiger partial charge on any atom is 0.189 e. The zero-order valence-electron chi connectivity index (χ0n) is 14.9. The van der Waals surface area contributed by atoms with Crippen LogP contribution in [0.5, 0.6) is 0 Å². The topological polar surface area (TPSA) is 60.7 Å². The van der Waals surface area contributed by atoms with E-state index in [1.807, 2.05) is 17.0 Å². The molecule has 4 rings (SSSR count). The SMILES string of the molecule is CSc1nc(C2CCC(=O)CC2)c(-c2ccc(F)cc2)c(-n2ccnc2)n1. The van der Waals surface area contributed by atoms with Crippen molar-refractivity contribution in [2.45, 2.75) is 36.8 Å². The molecule has 0 radical (unpaired) electrons. The smallest absolute Gasteiger partial charge is 0.189 e. The Balaban J connectivity index is 1.93. The molecule has 0 atom stereocenters. The number of Topliss-reactive ketones (excluding diaryl/α,β-unsaturated/α-hetero) is 1. The van der Waals surface area contributed by atoms with Crippen LogP contribution in [0.25, 0.3) is 16.9 Å². The van der Waals surface area contributed by atoms with Gasteiger partial charge in [-0.3, -0.25) is 9.36 Å². The summed E-state index contributed by atoms with van der Waals surface area (Å²) in [5, 5.41) is 0.677. The van der Waals surface area contributed by atoms with E-state index >= 15 is 0 Å². The molecule has 1 aliphatic carbocycles. The minimum Gasteiger partial charge on any atom is -0.300 e. The summed E-state index contributed by atoms with van der Waals surface area (Å²) in [5.41, 5.74) is 2.67. The molecule has 1 aromatic carbocycles. The van der Waals surface area contributed by atoms with Crippen molar-refractivity contribution in [3.8, 4) is 16.9 Å². The van der Waals surface area contributed by atoms with Crippen molar-refractivity contribution in [2.75, 3.05) is 6.26 Å². The summed E-state index contributed by atoms with van der Waals surface area (Å²) in [5.74, 6) is 0.933. The lowest BCUT2D eigenvalue weighted by molar-refractivity contribution is -0.120. The summed E-state index contributed by atoms with van der Waals surface area (Å²) >= 11 is 1.48. The first kappa shape index (κ1) is 17.9. The number of rotatable bonds is 4. The lowest BCUT2D eigenvalue weighted by Crippen LogP contribution is -2.16. The molecule has 0 spiro atoms. The normalized spacial score (nSPS) is 15.3. The van der Waals surface area contributed by atoms with Gasteiger partial charge in [0, 0.05) is 36.7 Å². The summed E-state index contributed by atoms with van der Waals surface area (Å²) in [6, 6.07) is 6.41. The second-order valence-electron chi connectivity index (χ2n) is 6.58. The first-order chi connectivity index (χ1) is 13.2. The van der Waals surface area contributed by atoms with Crippen molar-refractivity contribution in [1.82, 2.24) is 19.5 Å². The van der Waals surface area contributed by atoms with Crippen molar-refractivity contribution in [2.24, 2.45) is 0 Å². The molecule has 7 heteroatoms. The van der Waals surface area contributed by atoms with Crippen molar-refractivity contribution in [3.05, 3.63) is 54.5 Å². The number of imidazole rings is 1. The second-order valence-corrected chi connectivity index (χ2v) is 7.36. The molecule has 1 fully saturated rings. The van der Waals surface area contributed by atoms with Gasteiger partial charge in [-0.1, -0.05) is 23.9 Å². The van der Waals surface area contributed by atoms with Crippen LogP contribution in [0.4, 0.5) is 4.39 Å². The highest BCUT2D eigenvalue weighted by atomic mass is 32.2. The van der Waals surface area contributed by atoms with Gasteiger partial charge in [0.05, 0.1) is 5.69 Å². The van der Waals surface area contributed by atoms with Crippen LogP contribution in [0.15, 0.2) is 48.1 Å². The Morgan fingerprint density at radius 3 is 2.52 bits per heavy atom. The molecule has 5 nitrogen and oxygen atoms in total. The van der Waals surface area contributed by atoms with Crippen LogP contribution in [-0.4, -0.2) is 31.6 Å². The number of hydrogen-bond donors (Lipinski definition) is 0. The minimum atomic E-state index is -0.283.